The van der Waals surface area contributed by atoms with Gasteiger partial charge in [-0.3, -0.25) is 0 Å². The monoisotopic (exact) mass is 350 g/mol. The first-order chi connectivity index (χ1) is 12.6. The van der Waals surface area contributed by atoms with E-state index in [1.54, 1.807) is 14.2 Å². The second-order valence-electron chi connectivity index (χ2n) is 5.96. The van der Waals surface area contributed by atoms with E-state index in [9.17, 15) is 4.79 Å². The van der Waals surface area contributed by atoms with Crippen molar-refractivity contribution in [2.75, 3.05) is 19.5 Å². The van der Waals surface area contributed by atoms with E-state index in [-0.39, 0.29) is 0 Å². The first kappa shape index (κ1) is 16.0. The van der Waals surface area contributed by atoms with Gasteiger partial charge in [0.25, 0.3) is 0 Å². The van der Waals surface area contributed by atoms with Crippen molar-refractivity contribution in [1.82, 2.24) is 9.78 Å². The Balaban J connectivity index is 1.84. The van der Waals surface area contributed by atoms with Gasteiger partial charge in [0, 0.05) is 23.2 Å². The summed E-state index contributed by atoms with van der Waals surface area (Å²) in [5.41, 5.74) is 9.99. The third-order valence-corrected chi connectivity index (χ3v) is 4.46. The Hall–Kier alpha value is -3.48. The number of carbonyl (C=O) groups is 1. The molecule has 4 rings (SSSR count). The van der Waals surface area contributed by atoms with Crippen LogP contribution in [0.3, 0.4) is 0 Å². The zero-order valence-corrected chi connectivity index (χ0v) is 14.4. The van der Waals surface area contributed by atoms with Gasteiger partial charge < -0.3 is 20.5 Å². The van der Waals surface area contributed by atoms with Crippen LogP contribution >= 0.6 is 0 Å². The third-order valence-electron chi connectivity index (χ3n) is 4.46. The highest BCUT2D eigenvalue weighted by atomic mass is 16.5. The molecule has 1 aliphatic carbocycles. The largest absolute Gasteiger partial charge is 0.493 e. The smallest absolute Gasteiger partial charge is 0.341 e. The summed E-state index contributed by atoms with van der Waals surface area (Å²) in [5, 5.41) is 7.71. The maximum Gasteiger partial charge on any atom is 0.341 e. The van der Waals surface area contributed by atoms with E-state index in [4.69, 9.17) is 15.2 Å². The molecule has 0 bridgehead atoms. The molecule has 0 atom stereocenters. The van der Waals surface area contributed by atoms with Gasteiger partial charge in [-0.25, -0.2) is 4.79 Å². The number of nitrogens with zero attached hydrogens (tertiary/aromatic N) is 2. The molecule has 0 unspecified atom stereocenters. The molecule has 1 heterocycles. The molecule has 0 aliphatic heterocycles. The van der Waals surface area contributed by atoms with Crippen LogP contribution in [0.25, 0.3) is 11.3 Å². The van der Waals surface area contributed by atoms with Gasteiger partial charge in [-0.1, -0.05) is 18.2 Å². The molecule has 0 spiro atoms. The zero-order chi connectivity index (χ0) is 18.3. The fourth-order valence-electron chi connectivity index (χ4n) is 3.26. The average Bonchev–Trinajstić information content (AvgIpc) is 3.18. The quantitative estimate of drug-likeness (QED) is 0.590. The summed E-state index contributed by atoms with van der Waals surface area (Å²) < 4.78 is 12.0. The lowest BCUT2D eigenvalue weighted by molar-refractivity contribution is 0.248. The second-order valence-corrected chi connectivity index (χ2v) is 5.96. The Labute approximate surface area is 150 Å². The number of nitrogens with two attached hydrogens (primary N) is 1. The molecule has 3 N–H and O–H groups in total. The number of fused-ring (bicyclic) bond motifs is 3. The average molecular weight is 350 g/mol. The lowest BCUT2D eigenvalue weighted by Gasteiger charge is -2.11. The Bertz CT molecular complexity index is 996. The fourth-order valence-corrected chi connectivity index (χ4v) is 3.26. The number of hydrogen-bond acceptors (Lipinski definition) is 5. The SMILES string of the molecule is COc1cc2c(cc1OC)-c1nn(C(N)=O)c(Nc3ccccc3)c1C2. The number of para-hydroxylation sites is 1. The predicted molar refractivity (Wildman–Crippen MR) is 98.3 cm³/mol. The summed E-state index contributed by atoms with van der Waals surface area (Å²) in [4.78, 5) is 11.9. The van der Waals surface area contributed by atoms with Gasteiger partial charge in [0.1, 0.15) is 5.82 Å². The number of nitrogens with one attached hydrogen (secondary N) is 1. The Kier molecular flexibility index (Phi) is 3.76. The molecule has 26 heavy (non-hydrogen) atoms. The Morgan fingerprint density at radius 3 is 2.50 bits per heavy atom. The van der Waals surface area contributed by atoms with Crippen molar-refractivity contribution in [2.24, 2.45) is 5.73 Å². The van der Waals surface area contributed by atoms with Crippen LogP contribution in [0.15, 0.2) is 42.5 Å². The molecule has 0 saturated carbocycles. The molecule has 0 saturated heterocycles. The highest BCUT2D eigenvalue weighted by Crippen LogP contribution is 2.45. The lowest BCUT2D eigenvalue weighted by Crippen LogP contribution is -2.22. The summed E-state index contributed by atoms with van der Waals surface area (Å²) in [7, 11) is 3.19. The second kappa shape index (κ2) is 6.11. The minimum absolute atomic E-state index is 0.577. The highest BCUT2D eigenvalue weighted by molar-refractivity contribution is 5.87. The van der Waals surface area contributed by atoms with Crippen molar-refractivity contribution in [3.05, 3.63) is 53.6 Å². The molecular formula is C19H18N4O3. The van der Waals surface area contributed by atoms with Gasteiger partial charge in [-0.05, 0) is 29.8 Å². The molecule has 3 aromatic rings. The zero-order valence-electron chi connectivity index (χ0n) is 14.4. The number of benzene rings is 2. The van der Waals surface area contributed by atoms with Gasteiger partial charge in [0.15, 0.2) is 11.5 Å². The minimum Gasteiger partial charge on any atom is -0.493 e. The number of rotatable bonds is 4. The van der Waals surface area contributed by atoms with Crippen molar-refractivity contribution in [2.45, 2.75) is 6.42 Å². The number of amides is 1. The van der Waals surface area contributed by atoms with Crippen LogP contribution < -0.4 is 20.5 Å². The van der Waals surface area contributed by atoms with Crippen LogP contribution in [0.2, 0.25) is 0 Å². The number of methoxy groups -OCH3 is 2. The van der Waals surface area contributed by atoms with Crippen molar-refractivity contribution in [3.63, 3.8) is 0 Å². The number of ether oxygens (including phenoxy) is 2. The van der Waals surface area contributed by atoms with Crippen LogP contribution in [0.5, 0.6) is 11.5 Å². The number of anilines is 2. The molecule has 1 aliphatic rings. The van der Waals surface area contributed by atoms with Crippen LogP contribution in [0.4, 0.5) is 16.3 Å². The maximum atomic E-state index is 11.9. The van der Waals surface area contributed by atoms with Gasteiger partial charge in [0.2, 0.25) is 0 Å². The van der Waals surface area contributed by atoms with Gasteiger partial charge in [-0.15, -0.1) is 0 Å². The molecule has 2 aromatic carbocycles. The van der Waals surface area contributed by atoms with E-state index in [0.29, 0.717) is 23.7 Å². The van der Waals surface area contributed by atoms with Crippen LogP contribution in [0.1, 0.15) is 11.1 Å². The summed E-state index contributed by atoms with van der Waals surface area (Å²) in [5.74, 6) is 1.86. The molecule has 132 valence electrons. The molecule has 1 aromatic heterocycles. The van der Waals surface area contributed by atoms with E-state index in [1.807, 2.05) is 42.5 Å². The van der Waals surface area contributed by atoms with E-state index in [2.05, 4.69) is 10.4 Å². The Morgan fingerprint density at radius 1 is 1.15 bits per heavy atom. The van der Waals surface area contributed by atoms with Crippen molar-refractivity contribution < 1.29 is 14.3 Å². The standard InChI is InChI=1S/C19H18N4O3/c1-25-15-9-11-8-14-17(13(11)10-16(15)26-2)22-23(19(20)24)18(14)21-12-6-4-3-5-7-12/h3-7,9-10,21H,8H2,1-2H3,(H2,20,24). The minimum atomic E-state index is -0.639. The summed E-state index contributed by atoms with van der Waals surface area (Å²) in [6.07, 6.45) is 0.619. The number of aromatic nitrogens is 2. The van der Waals surface area contributed by atoms with Crippen molar-refractivity contribution in [1.29, 1.82) is 0 Å². The molecule has 0 fully saturated rings. The fraction of sp³-hybridized carbons (Fsp3) is 0.158. The number of primary amides is 1. The van der Waals surface area contributed by atoms with E-state index in [1.165, 1.54) is 4.68 Å². The summed E-state index contributed by atoms with van der Waals surface area (Å²) >= 11 is 0. The molecular weight excluding hydrogens is 332 g/mol. The van der Waals surface area contributed by atoms with Gasteiger partial charge in [0.05, 0.1) is 19.9 Å². The lowest BCUT2D eigenvalue weighted by atomic mass is 10.1. The topological polar surface area (TPSA) is 91.4 Å². The van der Waals surface area contributed by atoms with Crippen LogP contribution in [-0.4, -0.2) is 30.0 Å². The van der Waals surface area contributed by atoms with Gasteiger partial charge >= 0.3 is 6.03 Å². The molecule has 7 nitrogen and oxygen atoms in total. The Morgan fingerprint density at radius 2 is 1.85 bits per heavy atom. The van der Waals surface area contributed by atoms with E-state index in [0.717, 1.165) is 28.1 Å². The van der Waals surface area contributed by atoms with Crippen molar-refractivity contribution in [3.8, 4) is 22.8 Å². The first-order valence-electron chi connectivity index (χ1n) is 8.11. The van der Waals surface area contributed by atoms with Crippen LogP contribution in [-0.2, 0) is 6.42 Å². The summed E-state index contributed by atoms with van der Waals surface area (Å²) in [6.45, 7) is 0. The predicted octanol–water partition coefficient (Wildman–Crippen LogP) is 3.14. The van der Waals surface area contributed by atoms with E-state index >= 15 is 0 Å². The normalized spacial score (nSPS) is 11.6. The van der Waals surface area contributed by atoms with Crippen LogP contribution in [0, 0.1) is 0 Å². The highest BCUT2D eigenvalue weighted by Gasteiger charge is 2.30. The van der Waals surface area contributed by atoms with Crippen molar-refractivity contribution >= 4 is 17.5 Å². The maximum absolute atomic E-state index is 11.9. The van der Waals surface area contributed by atoms with Gasteiger partial charge in [-0.2, -0.15) is 9.78 Å². The van der Waals surface area contributed by atoms with E-state index < -0.39 is 6.03 Å². The molecule has 1 amide bonds. The third kappa shape index (κ3) is 2.45. The molecule has 0 radical (unpaired) electrons. The first-order valence-corrected chi connectivity index (χ1v) is 8.11. The number of carbonyl (C=O) groups excluding carboxylic acids is 1. The number of hydrogen-bond donors (Lipinski definition) is 2. The summed E-state index contributed by atoms with van der Waals surface area (Å²) in [6, 6.07) is 12.8. The molecule has 7 heteroatoms.